The van der Waals surface area contributed by atoms with E-state index < -0.39 is 0 Å². The Morgan fingerprint density at radius 1 is 1.04 bits per heavy atom. The maximum Gasteiger partial charge on any atom is 0.103 e. The van der Waals surface area contributed by atoms with Gasteiger partial charge in [0.1, 0.15) is 6.54 Å². The third-order valence-electron chi connectivity index (χ3n) is 4.07. The van der Waals surface area contributed by atoms with Gasteiger partial charge in [-0.1, -0.05) is 59.6 Å². The van der Waals surface area contributed by atoms with Crippen LogP contribution in [0.2, 0.25) is 10.0 Å². The van der Waals surface area contributed by atoms with Gasteiger partial charge in [0.25, 0.3) is 0 Å². The minimum absolute atomic E-state index is 0.634. The van der Waals surface area contributed by atoms with Gasteiger partial charge in [-0.25, -0.2) is 0 Å². The van der Waals surface area contributed by atoms with Crippen molar-refractivity contribution in [1.82, 2.24) is 5.01 Å². The van der Waals surface area contributed by atoms with Crippen LogP contribution in [0.1, 0.15) is 11.1 Å². The molecule has 120 valence electrons. The summed E-state index contributed by atoms with van der Waals surface area (Å²) in [6, 6.07) is 16.1. The molecule has 0 aromatic heterocycles. The summed E-state index contributed by atoms with van der Waals surface area (Å²) in [7, 11) is 0. The van der Waals surface area contributed by atoms with E-state index in [1.54, 1.807) is 11.0 Å². The van der Waals surface area contributed by atoms with E-state index in [9.17, 15) is 0 Å². The van der Waals surface area contributed by atoms with Crippen molar-refractivity contribution in [3.05, 3.63) is 69.7 Å². The van der Waals surface area contributed by atoms with Crippen LogP contribution in [0.15, 0.2) is 53.6 Å². The molecule has 0 aliphatic carbocycles. The van der Waals surface area contributed by atoms with Gasteiger partial charge >= 0.3 is 0 Å². The molecule has 2 aromatic rings. The molecular formula is C18H20Cl2N3+. The fraction of sp³-hybridized carbons (Fsp3) is 0.278. The first-order valence-electron chi connectivity index (χ1n) is 7.82. The Hall–Kier alpha value is -1.55. The van der Waals surface area contributed by atoms with Gasteiger partial charge in [0.15, 0.2) is 0 Å². The first-order valence-corrected chi connectivity index (χ1v) is 8.58. The second kappa shape index (κ2) is 7.82. The second-order valence-electron chi connectivity index (χ2n) is 5.78. The predicted octanol–water partition coefficient (Wildman–Crippen LogP) is 2.73. The van der Waals surface area contributed by atoms with Crippen LogP contribution in [0, 0.1) is 0 Å². The van der Waals surface area contributed by atoms with E-state index in [-0.39, 0.29) is 0 Å². The van der Waals surface area contributed by atoms with Crippen LogP contribution in [0.5, 0.6) is 0 Å². The molecule has 1 saturated heterocycles. The molecule has 1 aliphatic heterocycles. The lowest BCUT2D eigenvalue weighted by atomic mass is 10.2. The molecule has 0 bridgehead atoms. The summed E-state index contributed by atoms with van der Waals surface area (Å²) in [5.74, 6) is 0. The number of benzene rings is 2. The van der Waals surface area contributed by atoms with E-state index in [0.29, 0.717) is 10.0 Å². The minimum atomic E-state index is 0.634. The van der Waals surface area contributed by atoms with Crippen LogP contribution in [-0.2, 0) is 6.54 Å². The zero-order chi connectivity index (χ0) is 16.1. The largest absolute Gasteiger partial charge is 0.328 e. The van der Waals surface area contributed by atoms with E-state index in [2.05, 4.69) is 40.4 Å². The first-order chi connectivity index (χ1) is 11.2. The highest BCUT2D eigenvalue weighted by Gasteiger charge is 2.18. The molecule has 1 heterocycles. The molecule has 23 heavy (non-hydrogen) atoms. The van der Waals surface area contributed by atoms with Crippen molar-refractivity contribution >= 4 is 29.4 Å². The Morgan fingerprint density at radius 2 is 1.78 bits per heavy atom. The minimum Gasteiger partial charge on any atom is -0.328 e. The molecule has 0 unspecified atom stereocenters. The van der Waals surface area contributed by atoms with Crippen molar-refractivity contribution in [2.75, 3.05) is 26.2 Å². The molecule has 0 amide bonds. The molecule has 0 radical (unpaired) electrons. The molecule has 2 aromatic carbocycles. The quantitative estimate of drug-likeness (QED) is 0.842. The Kier molecular flexibility index (Phi) is 5.55. The molecule has 0 saturated carbocycles. The van der Waals surface area contributed by atoms with Crippen molar-refractivity contribution in [1.29, 1.82) is 0 Å². The van der Waals surface area contributed by atoms with Crippen LogP contribution in [0.3, 0.4) is 0 Å². The Balaban J connectivity index is 1.52. The van der Waals surface area contributed by atoms with Crippen molar-refractivity contribution < 1.29 is 4.90 Å². The summed E-state index contributed by atoms with van der Waals surface area (Å²) < 4.78 is 0. The number of rotatable bonds is 4. The molecule has 0 atom stereocenters. The van der Waals surface area contributed by atoms with Crippen LogP contribution in [0.25, 0.3) is 0 Å². The first kappa shape index (κ1) is 16.3. The van der Waals surface area contributed by atoms with Crippen LogP contribution in [0.4, 0.5) is 0 Å². The Labute approximate surface area is 147 Å². The van der Waals surface area contributed by atoms with E-state index in [1.807, 2.05) is 18.3 Å². The summed E-state index contributed by atoms with van der Waals surface area (Å²) in [4.78, 5) is 1.60. The summed E-state index contributed by atoms with van der Waals surface area (Å²) in [6.45, 7) is 5.20. The van der Waals surface area contributed by atoms with Crippen molar-refractivity contribution in [3.63, 3.8) is 0 Å². The van der Waals surface area contributed by atoms with Crippen LogP contribution in [-0.4, -0.2) is 37.4 Å². The monoisotopic (exact) mass is 348 g/mol. The number of piperazine rings is 1. The predicted molar refractivity (Wildman–Crippen MR) is 96.5 cm³/mol. The van der Waals surface area contributed by atoms with Gasteiger partial charge in [-0.15, -0.1) is 0 Å². The van der Waals surface area contributed by atoms with E-state index >= 15 is 0 Å². The smallest absolute Gasteiger partial charge is 0.103 e. The topological polar surface area (TPSA) is 20.0 Å². The van der Waals surface area contributed by atoms with Gasteiger partial charge in [-0.2, -0.15) is 5.10 Å². The lowest BCUT2D eigenvalue weighted by Crippen LogP contribution is -3.13. The Bertz CT molecular complexity index is 665. The molecule has 0 spiro atoms. The summed E-state index contributed by atoms with van der Waals surface area (Å²) in [5.41, 5.74) is 2.29. The van der Waals surface area contributed by atoms with E-state index in [0.717, 1.165) is 38.3 Å². The summed E-state index contributed by atoms with van der Waals surface area (Å²) in [5, 5.41) is 7.94. The van der Waals surface area contributed by atoms with Gasteiger partial charge in [-0.3, -0.25) is 5.01 Å². The average molecular weight is 349 g/mol. The maximum atomic E-state index is 6.16. The third kappa shape index (κ3) is 4.71. The van der Waals surface area contributed by atoms with Crippen LogP contribution >= 0.6 is 23.2 Å². The summed E-state index contributed by atoms with van der Waals surface area (Å²) >= 11 is 12.1. The number of nitrogens with zero attached hydrogens (tertiary/aromatic N) is 2. The average Bonchev–Trinajstić information content (AvgIpc) is 2.56. The van der Waals surface area contributed by atoms with Gasteiger partial charge in [-0.05, 0) is 12.1 Å². The SMILES string of the molecule is Clc1ccc(C=NN2CC[NH+](Cc3ccccc3)CC2)c(Cl)c1. The lowest BCUT2D eigenvalue weighted by Gasteiger charge is -2.30. The normalized spacial score (nSPS) is 16.2. The van der Waals surface area contributed by atoms with E-state index in [4.69, 9.17) is 23.2 Å². The number of hydrogen-bond acceptors (Lipinski definition) is 2. The molecular weight excluding hydrogens is 329 g/mol. The number of quaternary nitrogens is 1. The van der Waals surface area contributed by atoms with Gasteiger partial charge in [0.2, 0.25) is 0 Å². The number of hydrazone groups is 1. The second-order valence-corrected chi connectivity index (χ2v) is 6.62. The van der Waals surface area contributed by atoms with Gasteiger partial charge < -0.3 is 4.90 Å². The molecule has 3 nitrogen and oxygen atoms in total. The van der Waals surface area contributed by atoms with E-state index in [1.165, 1.54) is 5.56 Å². The van der Waals surface area contributed by atoms with Crippen molar-refractivity contribution in [2.45, 2.75) is 6.54 Å². The highest BCUT2D eigenvalue weighted by Crippen LogP contribution is 2.19. The number of halogens is 2. The van der Waals surface area contributed by atoms with Crippen molar-refractivity contribution in [2.24, 2.45) is 5.10 Å². The molecule has 1 aliphatic rings. The van der Waals surface area contributed by atoms with Crippen molar-refractivity contribution in [3.8, 4) is 0 Å². The number of nitrogens with one attached hydrogen (secondary N) is 1. The van der Waals surface area contributed by atoms with Gasteiger partial charge in [0, 0.05) is 16.1 Å². The molecule has 1 fully saturated rings. The zero-order valence-electron chi connectivity index (χ0n) is 12.9. The fourth-order valence-corrected chi connectivity index (χ4v) is 3.20. The van der Waals surface area contributed by atoms with Gasteiger partial charge in [0.05, 0.1) is 37.4 Å². The third-order valence-corrected chi connectivity index (χ3v) is 4.63. The number of hydrogen-bond donors (Lipinski definition) is 1. The maximum absolute atomic E-state index is 6.16. The lowest BCUT2D eigenvalue weighted by molar-refractivity contribution is -0.918. The highest BCUT2D eigenvalue weighted by atomic mass is 35.5. The highest BCUT2D eigenvalue weighted by molar-refractivity contribution is 6.36. The molecule has 1 N–H and O–H groups in total. The Morgan fingerprint density at radius 3 is 2.48 bits per heavy atom. The standard InChI is InChI=1S/C18H19Cl2N3/c19-17-7-6-16(18(20)12-17)13-21-23-10-8-22(9-11-23)14-15-4-2-1-3-5-15/h1-7,12-13H,8-11,14H2/p+1. The molecule has 5 heteroatoms. The molecule has 3 rings (SSSR count). The summed E-state index contributed by atoms with van der Waals surface area (Å²) in [6.07, 6.45) is 1.82. The zero-order valence-corrected chi connectivity index (χ0v) is 14.4. The van der Waals surface area contributed by atoms with Crippen LogP contribution < -0.4 is 4.90 Å². The fourth-order valence-electron chi connectivity index (χ4n) is 2.74.